The molecule has 3 rings (SSSR count). The number of hydrogen-bond acceptors (Lipinski definition) is 4. The van der Waals surface area contributed by atoms with Crippen LogP contribution in [0.2, 0.25) is 0 Å². The van der Waals surface area contributed by atoms with E-state index in [1.165, 1.54) is 5.69 Å². The highest BCUT2D eigenvalue weighted by Gasteiger charge is 2.23. The fraction of sp³-hybridized carbons (Fsp3) is 0.409. The van der Waals surface area contributed by atoms with Crippen LogP contribution in [0.25, 0.3) is 0 Å². The van der Waals surface area contributed by atoms with Crippen LogP contribution in [0.5, 0.6) is 0 Å². The van der Waals surface area contributed by atoms with E-state index in [2.05, 4.69) is 49.5 Å². The first-order valence-electron chi connectivity index (χ1n) is 10.4. The smallest absolute Gasteiger partial charge is 0.240 e. The summed E-state index contributed by atoms with van der Waals surface area (Å²) >= 11 is 0. The van der Waals surface area contributed by atoms with Crippen LogP contribution in [0.4, 0.5) is 5.69 Å². The molecular formula is C22H32IN5O2S. The van der Waals surface area contributed by atoms with Gasteiger partial charge < -0.3 is 15.5 Å². The molecule has 0 saturated carbocycles. The quantitative estimate of drug-likeness (QED) is 0.201. The lowest BCUT2D eigenvalue weighted by molar-refractivity contribution is 0.582. The van der Waals surface area contributed by atoms with Crippen molar-refractivity contribution < 1.29 is 8.42 Å². The lowest BCUT2D eigenvalue weighted by Crippen LogP contribution is -2.45. The lowest BCUT2D eigenvalue weighted by Gasteiger charge is -2.20. The molecular weight excluding hydrogens is 525 g/mol. The van der Waals surface area contributed by atoms with Crippen molar-refractivity contribution in [1.82, 2.24) is 15.4 Å². The summed E-state index contributed by atoms with van der Waals surface area (Å²) < 4.78 is 27.3. The largest absolute Gasteiger partial charge is 0.369 e. The van der Waals surface area contributed by atoms with Crippen LogP contribution in [-0.4, -0.2) is 53.1 Å². The predicted octanol–water partition coefficient (Wildman–Crippen LogP) is 2.73. The van der Waals surface area contributed by atoms with Crippen molar-refractivity contribution in [2.24, 2.45) is 4.99 Å². The van der Waals surface area contributed by atoms with E-state index in [9.17, 15) is 8.42 Å². The Morgan fingerprint density at radius 3 is 2.52 bits per heavy atom. The minimum atomic E-state index is -3.51. The number of guanidine groups is 1. The molecule has 2 aromatic rings. The van der Waals surface area contributed by atoms with Gasteiger partial charge in [-0.2, -0.15) is 0 Å². The van der Waals surface area contributed by atoms with Gasteiger partial charge in [0.1, 0.15) is 0 Å². The molecule has 170 valence electrons. The van der Waals surface area contributed by atoms with Crippen molar-refractivity contribution >= 4 is 45.6 Å². The molecule has 0 bridgehead atoms. The number of rotatable bonds is 8. The SMILES string of the molecule is CCNC(=NCCNS(=O)(=O)c1ccc(C)cc1)NC1CCN(c2ccccc2)C1.I. The summed E-state index contributed by atoms with van der Waals surface area (Å²) in [6, 6.07) is 17.5. The second-order valence-electron chi connectivity index (χ2n) is 7.38. The van der Waals surface area contributed by atoms with Crippen LogP contribution in [0.1, 0.15) is 18.9 Å². The van der Waals surface area contributed by atoms with Gasteiger partial charge in [-0.25, -0.2) is 13.1 Å². The summed E-state index contributed by atoms with van der Waals surface area (Å²) in [6.45, 7) is 7.20. The predicted molar refractivity (Wildman–Crippen MR) is 138 cm³/mol. The third kappa shape index (κ3) is 7.65. The number of aryl methyl sites for hydroxylation is 1. The molecule has 0 aromatic heterocycles. The molecule has 0 radical (unpaired) electrons. The van der Waals surface area contributed by atoms with Crippen molar-refractivity contribution in [3.8, 4) is 0 Å². The number of sulfonamides is 1. The Balaban J connectivity index is 0.00000341. The third-order valence-corrected chi connectivity index (χ3v) is 6.48. The van der Waals surface area contributed by atoms with E-state index < -0.39 is 10.0 Å². The van der Waals surface area contributed by atoms with E-state index in [4.69, 9.17) is 0 Å². The Bertz CT molecular complexity index is 936. The van der Waals surface area contributed by atoms with E-state index in [0.29, 0.717) is 18.5 Å². The summed E-state index contributed by atoms with van der Waals surface area (Å²) in [6.07, 6.45) is 1.03. The van der Waals surface area contributed by atoms with Gasteiger partial charge in [0.05, 0.1) is 11.4 Å². The summed E-state index contributed by atoms with van der Waals surface area (Å²) in [4.78, 5) is 7.16. The van der Waals surface area contributed by atoms with E-state index in [0.717, 1.165) is 31.6 Å². The van der Waals surface area contributed by atoms with E-state index in [1.54, 1.807) is 24.3 Å². The molecule has 1 atom stereocenters. The molecule has 3 N–H and O–H groups in total. The number of nitrogens with zero attached hydrogens (tertiary/aromatic N) is 2. The van der Waals surface area contributed by atoms with Gasteiger partial charge in [0.15, 0.2) is 5.96 Å². The Morgan fingerprint density at radius 2 is 1.84 bits per heavy atom. The van der Waals surface area contributed by atoms with Gasteiger partial charge in [-0.3, -0.25) is 4.99 Å². The monoisotopic (exact) mass is 557 g/mol. The highest BCUT2D eigenvalue weighted by molar-refractivity contribution is 14.0. The van der Waals surface area contributed by atoms with E-state index in [1.807, 2.05) is 19.9 Å². The Hall–Kier alpha value is -1.85. The van der Waals surface area contributed by atoms with Crippen LogP contribution < -0.4 is 20.3 Å². The molecule has 1 saturated heterocycles. The van der Waals surface area contributed by atoms with Gasteiger partial charge in [-0.1, -0.05) is 35.9 Å². The maximum absolute atomic E-state index is 12.4. The van der Waals surface area contributed by atoms with Crippen LogP contribution in [0.15, 0.2) is 64.5 Å². The molecule has 0 amide bonds. The number of nitrogens with one attached hydrogen (secondary N) is 3. The number of anilines is 1. The summed E-state index contributed by atoms with van der Waals surface area (Å²) in [5.74, 6) is 0.715. The minimum absolute atomic E-state index is 0. The summed E-state index contributed by atoms with van der Waals surface area (Å²) in [7, 11) is -3.51. The van der Waals surface area contributed by atoms with Crippen molar-refractivity contribution in [1.29, 1.82) is 0 Å². The van der Waals surface area contributed by atoms with Crippen molar-refractivity contribution in [3.05, 3.63) is 60.2 Å². The van der Waals surface area contributed by atoms with E-state index in [-0.39, 0.29) is 35.4 Å². The standard InChI is InChI=1S/C22H31N5O2S.HI/c1-3-23-22(26-19-13-16-27(17-19)20-7-5-4-6-8-20)24-14-15-25-30(28,29)21-11-9-18(2)10-12-21;/h4-12,19,25H,3,13-17H2,1-2H3,(H2,23,24,26);1H. The highest BCUT2D eigenvalue weighted by atomic mass is 127. The zero-order valence-corrected chi connectivity index (χ0v) is 21.2. The average Bonchev–Trinajstić information content (AvgIpc) is 3.21. The van der Waals surface area contributed by atoms with Gasteiger partial charge in [0.2, 0.25) is 10.0 Å². The first kappa shape index (κ1) is 25.4. The van der Waals surface area contributed by atoms with Crippen molar-refractivity contribution in [3.63, 3.8) is 0 Å². The normalized spacial score (nSPS) is 16.6. The fourth-order valence-electron chi connectivity index (χ4n) is 3.41. The van der Waals surface area contributed by atoms with Crippen LogP contribution in [0, 0.1) is 6.92 Å². The van der Waals surface area contributed by atoms with Gasteiger partial charge in [-0.15, -0.1) is 24.0 Å². The number of halogens is 1. The number of para-hydroxylation sites is 1. The molecule has 0 spiro atoms. The second kappa shape index (κ2) is 12.3. The first-order chi connectivity index (χ1) is 14.5. The van der Waals surface area contributed by atoms with Crippen LogP contribution >= 0.6 is 24.0 Å². The maximum Gasteiger partial charge on any atom is 0.240 e. The number of aliphatic imine (C=N–C) groups is 1. The van der Waals surface area contributed by atoms with Crippen LogP contribution in [0.3, 0.4) is 0 Å². The summed E-state index contributed by atoms with van der Waals surface area (Å²) in [5.41, 5.74) is 2.26. The summed E-state index contributed by atoms with van der Waals surface area (Å²) in [5, 5.41) is 6.71. The minimum Gasteiger partial charge on any atom is -0.369 e. The Labute approximate surface area is 202 Å². The molecule has 7 nitrogen and oxygen atoms in total. The second-order valence-corrected chi connectivity index (χ2v) is 9.15. The number of hydrogen-bond donors (Lipinski definition) is 3. The van der Waals surface area contributed by atoms with Crippen molar-refractivity contribution in [2.45, 2.75) is 31.2 Å². The lowest BCUT2D eigenvalue weighted by atomic mass is 10.2. The third-order valence-electron chi connectivity index (χ3n) is 5.00. The molecule has 31 heavy (non-hydrogen) atoms. The Kier molecular flexibility index (Phi) is 10.0. The maximum atomic E-state index is 12.4. The number of benzene rings is 2. The molecule has 2 aromatic carbocycles. The fourth-order valence-corrected chi connectivity index (χ4v) is 4.43. The molecule has 1 heterocycles. The molecule has 1 unspecified atom stereocenters. The van der Waals surface area contributed by atoms with Crippen LogP contribution in [-0.2, 0) is 10.0 Å². The average molecular weight is 558 g/mol. The van der Waals surface area contributed by atoms with E-state index >= 15 is 0 Å². The molecule has 0 aliphatic carbocycles. The van der Waals surface area contributed by atoms with Gasteiger partial charge in [0, 0.05) is 37.9 Å². The van der Waals surface area contributed by atoms with Gasteiger partial charge in [0.25, 0.3) is 0 Å². The zero-order chi connectivity index (χ0) is 21.4. The highest BCUT2D eigenvalue weighted by Crippen LogP contribution is 2.19. The molecule has 1 aliphatic rings. The van der Waals surface area contributed by atoms with Gasteiger partial charge in [-0.05, 0) is 44.5 Å². The first-order valence-corrected chi connectivity index (χ1v) is 11.9. The Morgan fingerprint density at radius 1 is 1.13 bits per heavy atom. The zero-order valence-electron chi connectivity index (χ0n) is 18.0. The topological polar surface area (TPSA) is 85.8 Å². The van der Waals surface area contributed by atoms with Gasteiger partial charge >= 0.3 is 0 Å². The molecule has 1 fully saturated rings. The molecule has 9 heteroatoms. The van der Waals surface area contributed by atoms with Crippen molar-refractivity contribution in [2.75, 3.05) is 37.6 Å². The molecule has 1 aliphatic heterocycles.